The van der Waals surface area contributed by atoms with Crippen LogP contribution in [-0.2, 0) is 18.9 Å². The van der Waals surface area contributed by atoms with Crippen LogP contribution in [0.4, 0.5) is 31.5 Å². The number of nitrogens with one attached hydrogen (secondary N) is 1. The second kappa shape index (κ2) is 7.94. The summed E-state index contributed by atoms with van der Waals surface area (Å²) in [5.41, 5.74) is -2.13. The quantitative estimate of drug-likeness (QED) is 0.593. The molecule has 0 saturated carbocycles. The molecule has 0 fully saturated rings. The average Bonchev–Trinajstić information content (AvgIpc) is 2.99. The van der Waals surface area contributed by atoms with E-state index in [1.165, 1.54) is 12.1 Å². The molecule has 0 aliphatic heterocycles. The first-order valence-corrected chi connectivity index (χ1v) is 8.94. The van der Waals surface area contributed by atoms with E-state index in [0.29, 0.717) is 5.56 Å². The number of carbonyl (C=O) groups is 1. The first-order chi connectivity index (χ1) is 13.9. The Balaban J connectivity index is 1.70. The molecule has 3 aromatic rings. The molecule has 2 aromatic carbocycles. The Hall–Kier alpha value is -3.15. The van der Waals surface area contributed by atoms with Crippen molar-refractivity contribution in [2.45, 2.75) is 18.9 Å². The van der Waals surface area contributed by atoms with Crippen LogP contribution in [0.1, 0.15) is 27.0 Å². The zero-order chi connectivity index (χ0) is 22.1. The van der Waals surface area contributed by atoms with Gasteiger partial charge in [-0.05, 0) is 53.5 Å². The van der Waals surface area contributed by atoms with E-state index in [0.717, 1.165) is 51.9 Å². The highest BCUT2D eigenvalue weighted by Crippen LogP contribution is 2.30. The zero-order valence-corrected chi connectivity index (χ0v) is 15.5. The lowest BCUT2D eigenvalue weighted by Crippen LogP contribution is -2.16. The van der Waals surface area contributed by atoms with Crippen molar-refractivity contribution in [2.75, 3.05) is 5.32 Å². The number of aromatic nitrogens is 2. The van der Waals surface area contributed by atoms with E-state index < -0.39 is 35.1 Å². The number of halogens is 6. The standard InChI is InChI=1S/C18H11F6N3O2S/c19-17(20,21)12-5-1-10(2-6-12)9-27-16(29)26-15(30-27)25-14(28)11-3-7-13(8-4-11)18(22,23)24/h1-8H,9H2,(H,25,26,28,29). The predicted molar refractivity (Wildman–Crippen MR) is 96.3 cm³/mol. The lowest BCUT2D eigenvalue weighted by atomic mass is 10.1. The lowest BCUT2D eigenvalue weighted by Gasteiger charge is -2.07. The fraction of sp³-hybridized carbons (Fsp3) is 0.167. The summed E-state index contributed by atoms with van der Waals surface area (Å²) in [6.45, 7) is -0.0647. The first-order valence-electron chi connectivity index (χ1n) is 8.16. The van der Waals surface area contributed by atoms with E-state index in [-0.39, 0.29) is 17.2 Å². The summed E-state index contributed by atoms with van der Waals surface area (Å²) in [6.07, 6.45) is -9.01. The second-order valence-corrected chi connectivity index (χ2v) is 7.06. The third-order valence-electron chi connectivity index (χ3n) is 3.91. The fourth-order valence-corrected chi connectivity index (χ4v) is 3.20. The van der Waals surface area contributed by atoms with Crippen molar-refractivity contribution >= 4 is 22.6 Å². The van der Waals surface area contributed by atoms with Gasteiger partial charge < -0.3 is 0 Å². The summed E-state index contributed by atoms with van der Waals surface area (Å²) in [7, 11) is 0. The van der Waals surface area contributed by atoms with Crippen molar-refractivity contribution in [1.29, 1.82) is 0 Å². The van der Waals surface area contributed by atoms with Gasteiger partial charge in [0.05, 0.1) is 17.7 Å². The van der Waals surface area contributed by atoms with Gasteiger partial charge in [-0.3, -0.25) is 10.1 Å². The average molecular weight is 447 g/mol. The molecular formula is C18H11F6N3O2S. The number of alkyl halides is 6. The Morgan fingerprint density at radius 1 is 0.900 bits per heavy atom. The van der Waals surface area contributed by atoms with E-state index in [4.69, 9.17) is 0 Å². The van der Waals surface area contributed by atoms with Gasteiger partial charge in [0, 0.05) is 5.56 Å². The maximum Gasteiger partial charge on any atom is 0.416 e. The summed E-state index contributed by atoms with van der Waals surface area (Å²) in [4.78, 5) is 27.7. The molecule has 30 heavy (non-hydrogen) atoms. The largest absolute Gasteiger partial charge is 0.416 e. The number of benzene rings is 2. The molecular weight excluding hydrogens is 436 g/mol. The number of hydrogen-bond acceptors (Lipinski definition) is 4. The van der Waals surface area contributed by atoms with Gasteiger partial charge in [-0.15, -0.1) is 0 Å². The van der Waals surface area contributed by atoms with E-state index >= 15 is 0 Å². The molecule has 5 nitrogen and oxygen atoms in total. The number of hydrogen-bond donors (Lipinski definition) is 1. The minimum atomic E-state index is -4.54. The molecule has 1 aromatic heterocycles. The van der Waals surface area contributed by atoms with E-state index in [9.17, 15) is 35.9 Å². The number of amides is 1. The third-order valence-corrected chi connectivity index (χ3v) is 4.78. The highest BCUT2D eigenvalue weighted by Gasteiger charge is 2.31. The number of anilines is 1. The van der Waals surface area contributed by atoms with Crippen LogP contribution in [0.5, 0.6) is 0 Å². The molecule has 1 N–H and O–H groups in total. The molecule has 0 unspecified atom stereocenters. The number of carbonyl (C=O) groups excluding carboxylic acids is 1. The molecule has 0 aliphatic rings. The molecule has 1 heterocycles. The van der Waals surface area contributed by atoms with Crippen molar-refractivity contribution in [3.8, 4) is 0 Å². The topological polar surface area (TPSA) is 64.0 Å². The van der Waals surface area contributed by atoms with Gasteiger partial charge in [0.2, 0.25) is 5.13 Å². The van der Waals surface area contributed by atoms with Crippen molar-refractivity contribution in [2.24, 2.45) is 0 Å². The second-order valence-electron chi connectivity index (χ2n) is 6.05. The maximum absolute atomic E-state index is 12.6. The third kappa shape index (κ3) is 5.06. The van der Waals surface area contributed by atoms with Crippen LogP contribution in [0.3, 0.4) is 0 Å². The van der Waals surface area contributed by atoms with E-state index in [2.05, 4.69) is 10.3 Å². The predicted octanol–water partition coefficient (Wildman–Crippen LogP) is 4.64. The van der Waals surface area contributed by atoms with Gasteiger partial charge in [-0.1, -0.05) is 12.1 Å². The fourth-order valence-electron chi connectivity index (χ4n) is 2.40. The van der Waals surface area contributed by atoms with Crippen LogP contribution in [0, 0.1) is 0 Å². The van der Waals surface area contributed by atoms with Crippen LogP contribution in [0.15, 0.2) is 53.3 Å². The summed E-state index contributed by atoms with van der Waals surface area (Å²) in [6, 6.07) is 7.68. The normalized spacial score (nSPS) is 12.1. The Kier molecular flexibility index (Phi) is 5.70. The summed E-state index contributed by atoms with van der Waals surface area (Å²) in [5.74, 6) is -0.765. The van der Waals surface area contributed by atoms with Gasteiger partial charge in [-0.2, -0.15) is 31.3 Å². The molecule has 0 radical (unpaired) electrons. The zero-order valence-electron chi connectivity index (χ0n) is 14.7. The van der Waals surface area contributed by atoms with Crippen LogP contribution in [-0.4, -0.2) is 14.8 Å². The molecule has 3 rings (SSSR count). The summed E-state index contributed by atoms with van der Waals surface area (Å²) < 4.78 is 76.6. The van der Waals surface area contributed by atoms with Crippen LogP contribution < -0.4 is 11.0 Å². The van der Waals surface area contributed by atoms with Gasteiger partial charge in [0.15, 0.2) is 0 Å². The lowest BCUT2D eigenvalue weighted by molar-refractivity contribution is -0.138. The van der Waals surface area contributed by atoms with Crippen LogP contribution >= 0.6 is 11.5 Å². The molecule has 12 heteroatoms. The van der Waals surface area contributed by atoms with Crippen molar-refractivity contribution in [3.63, 3.8) is 0 Å². The minimum absolute atomic E-state index is 0.0647. The summed E-state index contributed by atoms with van der Waals surface area (Å²) >= 11 is 0.753. The monoisotopic (exact) mass is 447 g/mol. The highest BCUT2D eigenvalue weighted by molar-refractivity contribution is 7.10. The SMILES string of the molecule is O=C(Nc1nc(=O)n(Cc2ccc(C(F)(F)F)cc2)s1)c1ccc(C(F)(F)F)cc1. The molecule has 0 bridgehead atoms. The Morgan fingerprint density at radius 3 is 1.90 bits per heavy atom. The first kappa shape index (κ1) is 21.6. The van der Waals surface area contributed by atoms with Gasteiger partial charge in [-0.25, -0.2) is 8.75 Å². The van der Waals surface area contributed by atoms with Crippen molar-refractivity contribution < 1.29 is 31.1 Å². The number of nitrogens with zero attached hydrogens (tertiary/aromatic N) is 2. The van der Waals surface area contributed by atoms with Crippen molar-refractivity contribution in [3.05, 3.63) is 81.3 Å². The smallest absolute Gasteiger partial charge is 0.297 e. The molecule has 0 spiro atoms. The van der Waals surface area contributed by atoms with E-state index in [1.807, 2.05) is 0 Å². The van der Waals surface area contributed by atoms with Crippen LogP contribution in [0.25, 0.3) is 0 Å². The Morgan fingerprint density at radius 2 is 1.40 bits per heavy atom. The van der Waals surface area contributed by atoms with Crippen molar-refractivity contribution in [1.82, 2.24) is 8.94 Å². The van der Waals surface area contributed by atoms with Gasteiger partial charge >= 0.3 is 18.0 Å². The molecule has 0 saturated heterocycles. The number of rotatable bonds is 4. The highest BCUT2D eigenvalue weighted by atomic mass is 32.1. The minimum Gasteiger partial charge on any atom is -0.297 e. The molecule has 1 amide bonds. The summed E-state index contributed by atoms with van der Waals surface area (Å²) in [5, 5.41) is 2.21. The van der Waals surface area contributed by atoms with Gasteiger partial charge in [0.1, 0.15) is 0 Å². The molecule has 0 atom stereocenters. The van der Waals surface area contributed by atoms with Gasteiger partial charge in [0.25, 0.3) is 5.91 Å². The Bertz CT molecular complexity index is 1100. The molecule has 158 valence electrons. The maximum atomic E-state index is 12.6. The van der Waals surface area contributed by atoms with Crippen LogP contribution in [0.2, 0.25) is 0 Å². The molecule has 0 aliphatic carbocycles. The van der Waals surface area contributed by atoms with E-state index in [1.54, 1.807) is 0 Å². The Labute approximate surface area is 168 Å².